The molecule has 1 heterocycles. The molecule has 1 atom stereocenters. The molecule has 0 aliphatic carbocycles. The first-order valence-electron chi connectivity index (χ1n) is 7.97. The van der Waals surface area contributed by atoms with Crippen LogP contribution in [0, 0.1) is 10.1 Å². The highest BCUT2D eigenvalue weighted by Gasteiger charge is 2.34. The van der Waals surface area contributed by atoms with Crippen molar-refractivity contribution in [3.63, 3.8) is 0 Å². The summed E-state index contributed by atoms with van der Waals surface area (Å²) < 4.78 is 38.4. The van der Waals surface area contributed by atoms with E-state index >= 15 is 0 Å². The quantitative estimate of drug-likeness (QED) is 0.524. The van der Waals surface area contributed by atoms with Gasteiger partial charge in [0.25, 0.3) is 5.69 Å². The maximum atomic E-state index is 12.8. The number of thioether (sulfide) groups is 1. The van der Waals surface area contributed by atoms with E-state index in [1.165, 1.54) is 18.2 Å². The van der Waals surface area contributed by atoms with Crippen molar-refractivity contribution in [3.8, 4) is 0 Å². The molecule has 0 bridgehead atoms. The third-order valence-corrected chi connectivity index (χ3v) is 5.54. The van der Waals surface area contributed by atoms with Crippen LogP contribution in [0.5, 0.6) is 0 Å². The monoisotopic (exact) mass is 445 g/mol. The minimum Gasteiger partial charge on any atom is -0.325 e. The Hall–Kier alpha value is -2.79. The zero-order chi connectivity index (χ0) is 21.3. The molecule has 0 saturated heterocycles. The van der Waals surface area contributed by atoms with Crippen molar-refractivity contribution < 1.29 is 27.7 Å². The average molecular weight is 446 g/mol. The van der Waals surface area contributed by atoms with Crippen molar-refractivity contribution >= 4 is 52.2 Å². The van der Waals surface area contributed by atoms with Gasteiger partial charge in [0.2, 0.25) is 11.8 Å². The molecule has 12 heteroatoms. The fraction of sp³-hybridized carbons (Fsp3) is 0.176. The molecule has 1 aliphatic heterocycles. The number of nitrogens with zero attached hydrogens (tertiary/aromatic N) is 1. The second-order valence-corrected chi connectivity index (χ2v) is 7.63. The lowest BCUT2D eigenvalue weighted by Gasteiger charge is -2.24. The summed E-state index contributed by atoms with van der Waals surface area (Å²) in [5, 5.41) is 14.8. The van der Waals surface area contributed by atoms with Gasteiger partial charge in [-0.3, -0.25) is 19.7 Å². The molecule has 0 spiro atoms. The van der Waals surface area contributed by atoms with Crippen LogP contribution in [0.25, 0.3) is 0 Å². The smallest absolute Gasteiger partial charge is 0.325 e. The second kappa shape index (κ2) is 7.91. The number of carbonyl (C=O) groups is 2. The molecule has 0 radical (unpaired) electrons. The number of hydrogen-bond donors (Lipinski definition) is 2. The second-order valence-electron chi connectivity index (χ2n) is 5.98. The molecule has 2 aromatic carbocycles. The highest BCUT2D eigenvalue weighted by Crippen LogP contribution is 2.40. The molecule has 152 valence electrons. The number of hydrogen-bond acceptors (Lipinski definition) is 5. The summed E-state index contributed by atoms with van der Waals surface area (Å²) >= 11 is 6.88. The number of alkyl halides is 3. The van der Waals surface area contributed by atoms with Crippen LogP contribution in [0.2, 0.25) is 5.02 Å². The van der Waals surface area contributed by atoms with Crippen LogP contribution in [-0.4, -0.2) is 22.0 Å². The molecule has 0 saturated carbocycles. The summed E-state index contributed by atoms with van der Waals surface area (Å²) in [6.07, 6.45) is -4.85. The van der Waals surface area contributed by atoms with Gasteiger partial charge < -0.3 is 10.6 Å². The SMILES string of the molecule is O=C(C[C@H]1Sc2ccc(C(F)(F)F)cc2NC1=O)Nc1cc([N+](=O)[O-])ccc1Cl. The Balaban J connectivity index is 1.72. The molecular formula is C17H11ClF3N3O4S. The fourth-order valence-electron chi connectivity index (χ4n) is 2.55. The maximum absolute atomic E-state index is 12.8. The van der Waals surface area contributed by atoms with E-state index in [1.54, 1.807) is 0 Å². The number of halogens is 4. The number of non-ortho nitro benzene ring substituents is 1. The first kappa shape index (κ1) is 20.9. The lowest BCUT2D eigenvalue weighted by Crippen LogP contribution is -2.32. The lowest BCUT2D eigenvalue weighted by molar-refractivity contribution is -0.384. The van der Waals surface area contributed by atoms with Gasteiger partial charge in [0, 0.05) is 23.4 Å². The number of nitro benzene ring substituents is 1. The fourth-order valence-corrected chi connectivity index (χ4v) is 3.81. The van der Waals surface area contributed by atoms with Crippen LogP contribution >= 0.6 is 23.4 Å². The van der Waals surface area contributed by atoms with Crippen LogP contribution in [-0.2, 0) is 15.8 Å². The number of carbonyl (C=O) groups excluding carboxylic acids is 2. The molecule has 1 aliphatic rings. The van der Waals surface area contributed by atoms with E-state index in [1.807, 2.05) is 0 Å². The number of amides is 2. The predicted octanol–water partition coefficient (Wildman–Crippen LogP) is 4.71. The average Bonchev–Trinajstić information content (AvgIpc) is 2.62. The Labute approximate surface area is 170 Å². The first-order valence-corrected chi connectivity index (χ1v) is 9.23. The Morgan fingerprint density at radius 2 is 2.00 bits per heavy atom. The van der Waals surface area contributed by atoms with Crippen molar-refractivity contribution in [2.24, 2.45) is 0 Å². The summed E-state index contributed by atoms with van der Waals surface area (Å²) in [5.41, 5.74) is -1.13. The number of fused-ring (bicyclic) bond motifs is 1. The van der Waals surface area contributed by atoms with E-state index in [2.05, 4.69) is 10.6 Å². The zero-order valence-electron chi connectivity index (χ0n) is 14.2. The van der Waals surface area contributed by atoms with E-state index in [9.17, 15) is 32.9 Å². The number of nitro groups is 1. The highest BCUT2D eigenvalue weighted by molar-refractivity contribution is 8.01. The van der Waals surface area contributed by atoms with Crippen molar-refractivity contribution in [2.45, 2.75) is 22.7 Å². The largest absolute Gasteiger partial charge is 0.416 e. The number of nitrogens with one attached hydrogen (secondary N) is 2. The third kappa shape index (κ3) is 4.80. The molecule has 29 heavy (non-hydrogen) atoms. The van der Waals surface area contributed by atoms with Crippen molar-refractivity contribution in [1.82, 2.24) is 0 Å². The van der Waals surface area contributed by atoms with Crippen LogP contribution < -0.4 is 10.6 Å². The Morgan fingerprint density at radius 1 is 1.28 bits per heavy atom. The van der Waals surface area contributed by atoms with Crippen molar-refractivity contribution in [1.29, 1.82) is 0 Å². The Kier molecular flexibility index (Phi) is 5.71. The standard InChI is InChI=1S/C17H11ClF3N3O4S/c18-10-3-2-9(24(27)28)6-11(10)22-15(25)7-14-16(26)23-12-5-8(17(19,20)21)1-4-13(12)29-14/h1-6,14H,7H2,(H,22,25)(H,23,26)/t14-/m1/s1. The number of benzene rings is 2. The maximum Gasteiger partial charge on any atom is 0.416 e. The van der Waals surface area contributed by atoms with Gasteiger partial charge in [0.05, 0.1) is 32.1 Å². The van der Waals surface area contributed by atoms with E-state index in [4.69, 9.17) is 11.6 Å². The zero-order valence-corrected chi connectivity index (χ0v) is 15.8. The molecule has 0 fully saturated rings. The summed E-state index contributed by atoms with van der Waals surface area (Å²) in [7, 11) is 0. The Morgan fingerprint density at radius 3 is 2.66 bits per heavy atom. The van der Waals surface area contributed by atoms with Gasteiger partial charge in [-0.2, -0.15) is 13.2 Å². The van der Waals surface area contributed by atoms with Crippen molar-refractivity contribution in [2.75, 3.05) is 10.6 Å². The number of rotatable bonds is 4. The highest BCUT2D eigenvalue weighted by atomic mass is 35.5. The summed E-state index contributed by atoms with van der Waals surface area (Å²) in [6, 6.07) is 6.47. The third-order valence-electron chi connectivity index (χ3n) is 3.93. The molecule has 7 nitrogen and oxygen atoms in total. The van der Waals surface area contributed by atoms with E-state index in [0.717, 1.165) is 30.0 Å². The van der Waals surface area contributed by atoms with Crippen LogP contribution in [0.3, 0.4) is 0 Å². The minimum atomic E-state index is -4.54. The van der Waals surface area contributed by atoms with E-state index in [0.29, 0.717) is 4.90 Å². The van der Waals surface area contributed by atoms with Gasteiger partial charge in [-0.05, 0) is 24.3 Å². The molecule has 2 aromatic rings. The van der Waals surface area contributed by atoms with Gasteiger partial charge in [-0.15, -0.1) is 11.8 Å². The van der Waals surface area contributed by atoms with Gasteiger partial charge in [-0.25, -0.2) is 0 Å². The molecule has 0 unspecified atom stereocenters. The van der Waals surface area contributed by atoms with Gasteiger partial charge in [-0.1, -0.05) is 11.6 Å². The molecule has 3 rings (SSSR count). The molecular weight excluding hydrogens is 435 g/mol. The first-order chi connectivity index (χ1) is 13.5. The minimum absolute atomic E-state index is 0.0160. The van der Waals surface area contributed by atoms with E-state index in [-0.39, 0.29) is 28.5 Å². The molecule has 2 amide bonds. The van der Waals surface area contributed by atoms with Crippen LogP contribution in [0.15, 0.2) is 41.3 Å². The Bertz CT molecular complexity index is 1020. The summed E-state index contributed by atoms with van der Waals surface area (Å²) in [5.74, 6) is -1.25. The summed E-state index contributed by atoms with van der Waals surface area (Å²) in [6.45, 7) is 0. The van der Waals surface area contributed by atoms with Gasteiger partial charge >= 0.3 is 6.18 Å². The van der Waals surface area contributed by atoms with Crippen molar-refractivity contribution in [3.05, 3.63) is 57.1 Å². The topological polar surface area (TPSA) is 101 Å². The summed E-state index contributed by atoms with van der Waals surface area (Å²) in [4.78, 5) is 35.1. The van der Waals surface area contributed by atoms with Gasteiger partial charge in [0.1, 0.15) is 0 Å². The van der Waals surface area contributed by atoms with Gasteiger partial charge in [0.15, 0.2) is 0 Å². The predicted molar refractivity (Wildman–Crippen MR) is 101 cm³/mol. The van der Waals surface area contributed by atoms with Crippen LogP contribution in [0.1, 0.15) is 12.0 Å². The van der Waals surface area contributed by atoms with Crippen LogP contribution in [0.4, 0.5) is 30.2 Å². The lowest BCUT2D eigenvalue weighted by atomic mass is 10.1. The van der Waals surface area contributed by atoms with E-state index < -0.39 is 33.7 Å². The normalized spacial score (nSPS) is 16.0. The number of anilines is 2. The molecule has 0 aromatic heterocycles. The molecule has 2 N–H and O–H groups in total.